The summed E-state index contributed by atoms with van der Waals surface area (Å²) in [6, 6.07) is 11.8. The van der Waals surface area contributed by atoms with Crippen molar-refractivity contribution in [2.45, 2.75) is 13.0 Å². The Bertz CT molecular complexity index is 821. The van der Waals surface area contributed by atoms with E-state index in [0.29, 0.717) is 24.7 Å². The van der Waals surface area contributed by atoms with Crippen molar-refractivity contribution in [1.29, 1.82) is 0 Å². The van der Waals surface area contributed by atoms with E-state index in [-0.39, 0.29) is 17.8 Å². The number of amides is 1. The fourth-order valence-corrected chi connectivity index (χ4v) is 2.80. The van der Waals surface area contributed by atoms with Crippen molar-refractivity contribution < 1.29 is 18.7 Å². The van der Waals surface area contributed by atoms with Gasteiger partial charge in [-0.15, -0.1) is 0 Å². The lowest BCUT2D eigenvalue weighted by Crippen LogP contribution is -2.33. The van der Waals surface area contributed by atoms with Gasteiger partial charge < -0.3 is 19.7 Å². The first-order valence-electron chi connectivity index (χ1n) is 9.13. The molecule has 0 saturated carbocycles. The van der Waals surface area contributed by atoms with Gasteiger partial charge in [0.2, 0.25) is 5.91 Å². The van der Waals surface area contributed by atoms with E-state index in [1.54, 1.807) is 19.3 Å². The fraction of sp³-hybridized carbons (Fsp3) is 0.318. The lowest BCUT2D eigenvalue weighted by Gasteiger charge is -2.24. The monoisotopic (exact) mass is 386 g/mol. The molecule has 1 unspecified atom stereocenters. The molecule has 0 aromatic heterocycles. The van der Waals surface area contributed by atoms with Crippen molar-refractivity contribution in [3.8, 4) is 11.5 Å². The van der Waals surface area contributed by atoms with Gasteiger partial charge in [-0.25, -0.2) is 4.39 Å². The lowest BCUT2D eigenvalue weighted by molar-refractivity contribution is -0.116. The van der Waals surface area contributed by atoms with Crippen molar-refractivity contribution in [2.24, 2.45) is 0 Å². The number of nitrogens with one attached hydrogen (secondary N) is 1. The maximum atomic E-state index is 13.5. The first-order chi connectivity index (χ1) is 13.4. The van der Waals surface area contributed by atoms with Crippen LogP contribution in [0, 0.1) is 5.82 Å². The molecule has 1 N–H and O–H groups in total. The number of carbonyl (C=O) groups is 1. The van der Waals surface area contributed by atoms with Gasteiger partial charge in [-0.2, -0.15) is 0 Å². The van der Waals surface area contributed by atoms with Crippen molar-refractivity contribution in [1.82, 2.24) is 10.2 Å². The minimum atomic E-state index is -0.292. The minimum Gasteiger partial charge on any atom is -0.493 e. The van der Waals surface area contributed by atoms with Crippen LogP contribution in [0.5, 0.6) is 11.5 Å². The van der Waals surface area contributed by atoms with Crippen molar-refractivity contribution >= 4 is 12.0 Å². The van der Waals surface area contributed by atoms with E-state index in [0.717, 1.165) is 11.1 Å². The minimum absolute atomic E-state index is 0.126. The van der Waals surface area contributed by atoms with Crippen LogP contribution in [0.25, 0.3) is 6.08 Å². The highest BCUT2D eigenvalue weighted by molar-refractivity contribution is 5.91. The molecular formula is C22H27FN2O3. The highest BCUT2D eigenvalue weighted by Crippen LogP contribution is 2.28. The molecule has 6 heteroatoms. The van der Waals surface area contributed by atoms with Crippen LogP contribution in [0.4, 0.5) is 4.39 Å². The summed E-state index contributed by atoms with van der Waals surface area (Å²) >= 11 is 0. The number of hydrogen-bond acceptors (Lipinski definition) is 4. The number of nitrogens with zero attached hydrogens (tertiary/aromatic N) is 1. The van der Waals surface area contributed by atoms with Gasteiger partial charge in [0.1, 0.15) is 5.82 Å². The standard InChI is InChI=1S/C22H27FN2O3/c1-5-28-20-11-9-16(13-21(20)27-4)10-12-22(26)24-15-19(25(2)3)17-7-6-8-18(23)14-17/h6-14,19H,5,15H2,1-4H3,(H,24,26)/b12-10+. The van der Waals surface area contributed by atoms with Gasteiger partial charge in [-0.05, 0) is 62.5 Å². The highest BCUT2D eigenvalue weighted by Gasteiger charge is 2.15. The normalized spacial score (nSPS) is 12.2. The molecule has 1 atom stereocenters. The Morgan fingerprint density at radius 1 is 1.21 bits per heavy atom. The Balaban J connectivity index is 2.00. The van der Waals surface area contributed by atoms with Crippen LogP contribution in [0.15, 0.2) is 48.5 Å². The molecular weight excluding hydrogens is 359 g/mol. The molecule has 0 saturated heterocycles. The molecule has 0 aliphatic carbocycles. The molecule has 0 heterocycles. The Labute approximate surface area is 165 Å². The average Bonchev–Trinajstić information content (AvgIpc) is 2.67. The number of methoxy groups -OCH3 is 1. The van der Waals surface area contributed by atoms with E-state index in [9.17, 15) is 9.18 Å². The molecule has 150 valence electrons. The number of hydrogen-bond donors (Lipinski definition) is 1. The van der Waals surface area contributed by atoms with Crippen molar-refractivity contribution in [3.05, 3.63) is 65.5 Å². The van der Waals surface area contributed by atoms with Crippen LogP contribution >= 0.6 is 0 Å². The van der Waals surface area contributed by atoms with Crippen LogP contribution < -0.4 is 14.8 Å². The van der Waals surface area contributed by atoms with Gasteiger partial charge >= 0.3 is 0 Å². The molecule has 5 nitrogen and oxygen atoms in total. The SMILES string of the molecule is CCOc1ccc(/C=C/C(=O)NCC(c2cccc(F)c2)N(C)C)cc1OC. The van der Waals surface area contributed by atoms with Crippen LogP contribution in [0.3, 0.4) is 0 Å². The second kappa shape index (κ2) is 10.5. The van der Waals surface area contributed by atoms with Crippen molar-refractivity contribution in [3.63, 3.8) is 0 Å². The quantitative estimate of drug-likeness (QED) is 0.668. The first-order valence-corrected chi connectivity index (χ1v) is 9.13. The Morgan fingerprint density at radius 3 is 2.64 bits per heavy atom. The van der Waals surface area contributed by atoms with Gasteiger partial charge in [0.15, 0.2) is 11.5 Å². The third kappa shape index (κ3) is 6.09. The predicted molar refractivity (Wildman–Crippen MR) is 109 cm³/mol. The summed E-state index contributed by atoms with van der Waals surface area (Å²) in [5.74, 6) is 0.759. The van der Waals surface area contributed by atoms with Gasteiger partial charge in [0.25, 0.3) is 0 Å². The molecule has 1 amide bonds. The molecule has 0 radical (unpaired) electrons. The molecule has 0 fully saturated rings. The maximum Gasteiger partial charge on any atom is 0.244 e. The number of likely N-dealkylation sites (N-methyl/N-ethyl adjacent to an activating group) is 1. The van der Waals surface area contributed by atoms with E-state index >= 15 is 0 Å². The number of ether oxygens (including phenoxy) is 2. The highest BCUT2D eigenvalue weighted by atomic mass is 19.1. The van der Waals surface area contributed by atoms with Crippen LogP contribution in [-0.4, -0.2) is 45.2 Å². The first kappa shape index (κ1) is 21.4. The number of halogens is 1. The Hall–Kier alpha value is -2.86. The number of rotatable bonds is 9. The summed E-state index contributed by atoms with van der Waals surface area (Å²) in [7, 11) is 5.36. The topological polar surface area (TPSA) is 50.8 Å². The van der Waals surface area contributed by atoms with Crippen LogP contribution in [0.1, 0.15) is 24.1 Å². The predicted octanol–water partition coefficient (Wildman–Crippen LogP) is 3.67. The van der Waals surface area contributed by atoms with E-state index in [2.05, 4.69) is 5.32 Å². The third-order valence-electron chi connectivity index (χ3n) is 4.24. The molecule has 0 aliphatic rings. The third-order valence-corrected chi connectivity index (χ3v) is 4.24. The second-order valence-corrected chi connectivity index (χ2v) is 6.46. The molecule has 2 aromatic carbocycles. The molecule has 2 rings (SSSR count). The zero-order valence-electron chi connectivity index (χ0n) is 16.7. The van der Waals surface area contributed by atoms with E-state index < -0.39 is 0 Å². The lowest BCUT2D eigenvalue weighted by atomic mass is 10.1. The average molecular weight is 386 g/mol. The molecule has 2 aromatic rings. The smallest absolute Gasteiger partial charge is 0.244 e. The Kier molecular flexibility index (Phi) is 8.02. The maximum absolute atomic E-state index is 13.5. The summed E-state index contributed by atoms with van der Waals surface area (Å²) in [5.41, 5.74) is 1.63. The van der Waals surface area contributed by atoms with Gasteiger partial charge in [-0.3, -0.25) is 4.79 Å². The second-order valence-electron chi connectivity index (χ2n) is 6.46. The zero-order chi connectivity index (χ0) is 20.5. The van der Waals surface area contributed by atoms with Gasteiger partial charge in [-0.1, -0.05) is 18.2 Å². The molecule has 0 bridgehead atoms. The fourth-order valence-electron chi connectivity index (χ4n) is 2.80. The van der Waals surface area contributed by atoms with Crippen molar-refractivity contribution in [2.75, 3.05) is 34.4 Å². The van der Waals surface area contributed by atoms with E-state index in [4.69, 9.17) is 9.47 Å². The van der Waals surface area contributed by atoms with E-state index in [1.807, 2.05) is 50.2 Å². The number of carbonyl (C=O) groups excluding carboxylic acids is 1. The molecule has 0 spiro atoms. The Morgan fingerprint density at radius 2 is 2.00 bits per heavy atom. The van der Waals surface area contributed by atoms with E-state index in [1.165, 1.54) is 18.2 Å². The molecule has 28 heavy (non-hydrogen) atoms. The summed E-state index contributed by atoms with van der Waals surface area (Å²) in [4.78, 5) is 14.2. The van der Waals surface area contributed by atoms with Gasteiger partial charge in [0, 0.05) is 12.6 Å². The van der Waals surface area contributed by atoms with Gasteiger partial charge in [0.05, 0.1) is 19.8 Å². The van der Waals surface area contributed by atoms with Crippen LogP contribution in [-0.2, 0) is 4.79 Å². The summed E-state index contributed by atoms with van der Waals surface area (Å²) in [6.45, 7) is 2.82. The van der Waals surface area contributed by atoms with Crippen LogP contribution in [0.2, 0.25) is 0 Å². The summed E-state index contributed by atoms with van der Waals surface area (Å²) < 4.78 is 24.3. The summed E-state index contributed by atoms with van der Waals surface area (Å²) in [5, 5.41) is 2.87. The molecule has 0 aliphatic heterocycles. The largest absolute Gasteiger partial charge is 0.493 e. The number of benzene rings is 2. The summed E-state index contributed by atoms with van der Waals surface area (Å²) in [6.07, 6.45) is 3.17. The zero-order valence-corrected chi connectivity index (χ0v) is 16.7.